The average Bonchev–Trinajstić information content (AvgIpc) is 2.29. The third kappa shape index (κ3) is 5.20. The van der Waals surface area contributed by atoms with Gasteiger partial charge >= 0.3 is 0 Å². The summed E-state index contributed by atoms with van der Waals surface area (Å²) in [6.45, 7) is 6.88. The first-order chi connectivity index (χ1) is 8.06. The van der Waals surface area contributed by atoms with E-state index >= 15 is 0 Å². The maximum atomic E-state index is 9.41. The van der Waals surface area contributed by atoms with E-state index in [0.29, 0.717) is 12.6 Å². The summed E-state index contributed by atoms with van der Waals surface area (Å²) in [5, 5.41) is 12.8. The number of para-hydroxylation sites is 1. The van der Waals surface area contributed by atoms with Crippen molar-refractivity contribution < 1.29 is 9.84 Å². The lowest BCUT2D eigenvalue weighted by Crippen LogP contribution is -2.49. The van der Waals surface area contributed by atoms with Crippen molar-refractivity contribution in [3.63, 3.8) is 0 Å². The van der Waals surface area contributed by atoms with E-state index in [1.165, 1.54) is 0 Å². The van der Waals surface area contributed by atoms with E-state index in [4.69, 9.17) is 4.74 Å². The van der Waals surface area contributed by atoms with Crippen molar-refractivity contribution in [1.82, 2.24) is 5.32 Å². The molecule has 0 saturated carbocycles. The van der Waals surface area contributed by atoms with Crippen LogP contribution in [0.25, 0.3) is 0 Å². The van der Waals surface area contributed by atoms with Gasteiger partial charge in [-0.1, -0.05) is 32.0 Å². The number of ether oxygens (including phenoxy) is 1. The van der Waals surface area contributed by atoms with Gasteiger partial charge in [-0.2, -0.15) is 0 Å². The predicted octanol–water partition coefficient (Wildman–Crippen LogP) is 2.20. The van der Waals surface area contributed by atoms with Crippen LogP contribution in [0.5, 0.6) is 5.75 Å². The molecule has 0 fully saturated rings. The SMILES string of the molecule is CC(C)NC(C)(CO)CCOc1ccccc1. The van der Waals surface area contributed by atoms with Crippen LogP contribution in [0.4, 0.5) is 0 Å². The fourth-order valence-electron chi connectivity index (χ4n) is 1.80. The molecule has 1 atom stereocenters. The van der Waals surface area contributed by atoms with Gasteiger partial charge in [0.1, 0.15) is 5.75 Å². The van der Waals surface area contributed by atoms with E-state index in [0.717, 1.165) is 12.2 Å². The van der Waals surface area contributed by atoms with E-state index in [1.807, 2.05) is 37.3 Å². The Morgan fingerprint density at radius 2 is 1.94 bits per heavy atom. The number of benzene rings is 1. The molecule has 0 aliphatic rings. The molecular formula is C14H23NO2. The highest BCUT2D eigenvalue weighted by atomic mass is 16.5. The quantitative estimate of drug-likeness (QED) is 0.764. The Bertz CT molecular complexity index is 313. The Labute approximate surface area is 104 Å². The topological polar surface area (TPSA) is 41.5 Å². The molecule has 0 radical (unpaired) electrons. The number of nitrogens with one attached hydrogen (secondary N) is 1. The normalized spacial score (nSPS) is 14.6. The second-order valence-corrected chi connectivity index (χ2v) is 4.93. The number of aliphatic hydroxyl groups is 1. The fraction of sp³-hybridized carbons (Fsp3) is 0.571. The number of hydrogen-bond donors (Lipinski definition) is 2. The van der Waals surface area contributed by atoms with E-state index in [-0.39, 0.29) is 12.1 Å². The molecule has 0 aliphatic carbocycles. The Balaban J connectivity index is 2.38. The zero-order valence-electron chi connectivity index (χ0n) is 10.9. The van der Waals surface area contributed by atoms with Gasteiger partial charge < -0.3 is 15.2 Å². The molecule has 1 aromatic rings. The molecule has 17 heavy (non-hydrogen) atoms. The molecule has 0 aliphatic heterocycles. The standard InChI is InChI=1S/C14H23NO2/c1-12(2)15-14(3,11-16)9-10-17-13-7-5-4-6-8-13/h4-8,12,15-16H,9-11H2,1-3H3. The largest absolute Gasteiger partial charge is 0.494 e. The van der Waals surface area contributed by atoms with Gasteiger partial charge in [-0.05, 0) is 19.1 Å². The summed E-state index contributed by atoms with van der Waals surface area (Å²) in [4.78, 5) is 0. The van der Waals surface area contributed by atoms with Crippen molar-refractivity contribution in [2.45, 2.75) is 38.8 Å². The number of hydrogen-bond acceptors (Lipinski definition) is 3. The van der Waals surface area contributed by atoms with Crippen LogP contribution in [0, 0.1) is 0 Å². The Hall–Kier alpha value is -1.06. The Kier molecular flexibility index (Phi) is 5.45. The van der Waals surface area contributed by atoms with Crippen LogP contribution in [-0.4, -0.2) is 29.9 Å². The maximum absolute atomic E-state index is 9.41. The van der Waals surface area contributed by atoms with Crippen LogP contribution >= 0.6 is 0 Å². The molecule has 3 heteroatoms. The van der Waals surface area contributed by atoms with Crippen molar-refractivity contribution in [2.24, 2.45) is 0 Å². The van der Waals surface area contributed by atoms with Crippen LogP contribution in [0.3, 0.4) is 0 Å². The lowest BCUT2D eigenvalue weighted by Gasteiger charge is -2.31. The number of aliphatic hydroxyl groups excluding tert-OH is 1. The molecule has 1 rings (SSSR count). The molecule has 1 unspecified atom stereocenters. The highest BCUT2D eigenvalue weighted by Gasteiger charge is 2.23. The zero-order chi connectivity index (χ0) is 12.7. The Morgan fingerprint density at radius 1 is 1.29 bits per heavy atom. The summed E-state index contributed by atoms with van der Waals surface area (Å²) < 4.78 is 5.63. The van der Waals surface area contributed by atoms with E-state index in [2.05, 4.69) is 19.2 Å². The fourth-order valence-corrected chi connectivity index (χ4v) is 1.80. The van der Waals surface area contributed by atoms with Crippen LogP contribution in [0.2, 0.25) is 0 Å². The van der Waals surface area contributed by atoms with E-state index < -0.39 is 0 Å². The molecule has 1 aromatic carbocycles. The molecule has 0 bridgehead atoms. The molecule has 0 amide bonds. The average molecular weight is 237 g/mol. The van der Waals surface area contributed by atoms with Gasteiger partial charge in [-0.15, -0.1) is 0 Å². The molecule has 2 N–H and O–H groups in total. The van der Waals surface area contributed by atoms with Crippen LogP contribution in [0.15, 0.2) is 30.3 Å². The molecule has 0 heterocycles. The third-order valence-electron chi connectivity index (χ3n) is 2.65. The molecule has 0 saturated heterocycles. The smallest absolute Gasteiger partial charge is 0.119 e. The molecule has 0 aromatic heterocycles. The van der Waals surface area contributed by atoms with Crippen molar-refractivity contribution in [1.29, 1.82) is 0 Å². The first-order valence-electron chi connectivity index (χ1n) is 6.12. The summed E-state index contributed by atoms with van der Waals surface area (Å²) in [6.07, 6.45) is 0.774. The van der Waals surface area contributed by atoms with Crippen molar-refractivity contribution in [3.8, 4) is 5.75 Å². The van der Waals surface area contributed by atoms with Crippen LogP contribution in [0.1, 0.15) is 27.2 Å². The summed E-state index contributed by atoms with van der Waals surface area (Å²) >= 11 is 0. The maximum Gasteiger partial charge on any atom is 0.119 e. The zero-order valence-corrected chi connectivity index (χ0v) is 10.9. The summed E-state index contributed by atoms with van der Waals surface area (Å²) in [5.41, 5.74) is -0.275. The third-order valence-corrected chi connectivity index (χ3v) is 2.65. The summed E-state index contributed by atoms with van der Waals surface area (Å²) in [7, 11) is 0. The summed E-state index contributed by atoms with van der Waals surface area (Å²) in [5.74, 6) is 0.873. The predicted molar refractivity (Wildman–Crippen MR) is 70.3 cm³/mol. The van der Waals surface area contributed by atoms with Crippen molar-refractivity contribution in [3.05, 3.63) is 30.3 Å². The van der Waals surface area contributed by atoms with Gasteiger partial charge in [-0.3, -0.25) is 0 Å². The van der Waals surface area contributed by atoms with Crippen molar-refractivity contribution >= 4 is 0 Å². The lowest BCUT2D eigenvalue weighted by atomic mass is 9.98. The van der Waals surface area contributed by atoms with Gasteiger partial charge in [0.2, 0.25) is 0 Å². The van der Waals surface area contributed by atoms with Gasteiger partial charge in [0.15, 0.2) is 0 Å². The molecule has 3 nitrogen and oxygen atoms in total. The first-order valence-corrected chi connectivity index (χ1v) is 6.12. The molecule has 0 spiro atoms. The minimum Gasteiger partial charge on any atom is -0.494 e. The molecule has 96 valence electrons. The van der Waals surface area contributed by atoms with Crippen LogP contribution in [-0.2, 0) is 0 Å². The van der Waals surface area contributed by atoms with Gasteiger partial charge in [-0.25, -0.2) is 0 Å². The van der Waals surface area contributed by atoms with Gasteiger partial charge in [0.05, 0.1) is 13.2 Å². The second kappa shape index (κ2) is 6.62. The minimum absolute atomic E-state index is 0.114. The summed E-state index contributed by atoms with van der Waals surface area (Å²) in [6, 6.07) is 10.1. The van der Waals surface area contributed by atoms with E-state index in [1.54, 1.807) is 0 Å². The van der Waals surface area contributed by atoms with Crippen LogP contribution < -0.4 is 10.1 Å². The van der Waals surface area contributed by atoms with Gasteiger partial charge in [0, 0.05) is 18.0 Å². The Morgan fingerprint density at radius 3 is 2.47 bits per heavy atom. The van der Waals surface area contributed by atoms with Gasteiger partial charge in [0.25, 0.3) is 0 Å². The molecular weight excluding hydrogens is 214 g/mol. The van der Waals surface area contributed by atoms with E-state index in [9.17, 15) is 5.11 Å². The first kappa shape index (κ1) is 14.0. The highest BCUT2D eigenvalue weighted by Crippen LogP contribution is 2.13. The monoisotopic (exact) mass is 237 g/mol. The van der Waals surface area contributed by atoms with Crippen molar-refractivity contribution in [2.75, 3.05) is 13.2 Å². The lowest BCUT2D eigenvalue weighted by molar-refractivity contribution is 0.136. The minimum atomic E-state index is -0.275. The number of rotatable bonds is 7. The highest BCUT2D eigenvalue weighted by molar-refractivity contribution is 5.20. The second-order valence-electron chi connectivity index (χ2n) is 4.93.